The molecular formula is C18H25NO2. The maximum absolute atomic E-state index is 12.2. The lowest BCUT2D eigenvalue weighted by atomic mass is 9.72. The summed E-state index contributed by atoms with van der Waals surface area (Å²) in [5.74, 6) is 1.05. The van der Waals surface area contributed by atoms with E-state index in [-0.39, 0.29) is 17.2 Å². The van der Waals surface area contributed by atoms with E-state index in [0.717, 1.165) is 39.0 Å². The third-order valence-corrected chi connectivity index (χ3v) is 5.21. The lowest BCUT2D eigenvalue weighted by Gasteiger charge is -2.39. The number of ether oxygens (including phenoxy) is 1. The van der Waals surface area contributed by atoms with Crippen molar-refractivity contribution in [2.45, 2.75) is 38.5 Å². The average molecular weight is 287 g/mol. The summed E-state index contributed by atoms with van der Waals surface area (Å²) in [6.07, 6.45) is 3.02. The number of aryl methyl sites for hydroxylation is 1. The maximum atomic E-state index is 12.2. The van der Waals surface area contributed by atoms with Gasteiger partial charge in [0, 0.05) is 31.1 Å². The van der Waals surface area contributed by atoms with Crippen LogP contribution in [0, 0.1) is 18.8 Å². The molecule has 3 rings (SSSR count). The Balaban J connectivity index is 1.77. The molecule has 3 heteroatoms. The van der Waals surface area contributed by atoms with Crippen LogP contribution in [0.15, 0.2) is 24.3 Å². The summed E-state index contributed by atoms with van der Waals surface area (Å²) < 4.78 is 5.56. The Bertz CT molecular complexity index is 520. The molecule has 0 unspecified atom stereocenters. The SMILES string of the molecule is Cc1ccccc1C1(CNC(=O)[C@@H]2C[C@H]2C)CCOCC1. The summed E-state index contributed by atoms with van der Waals surface area (Å²) >= 11 is 0. The van der Waals surface area contributed by atoms with E-state index < -0.39 is 0 Å². The van der Waals surface area contributed by atoms with Crippen molar-refractivity contribution in [1.82, 2.24) is 5.32 Å². The van der Waals surface area contributed by atoms with Crippen LogP contribution in [0.1, 0.15) is 37.3 Å². The zero-order valence-electron chi connectivity index (χ0n) is 13.0. The number of carbonyl (C=O) groups excluding carboxylic acids is 1. The highest BCUT2D eigenvalue weighted by molar-refractivity contribution is 5.81. The van der Waals surface area contributed by atoms with Crippen molar-refractivity contribution in [2.24, 2.45) is 11.8 Å². The first-order valence-electron chi connectivity index (χ1n) is 8.04. The molecule has 1 saturated heterocycles. The molecule has 1 heterocycles. The average Bonchev–Trinajstić information content (AvgIpc) is 3.23. The van der Waals surface area contributed by atoms with Crippen molar-refractivity contribution < 1.29 is 9.53 Å². The molecular weight excluding hydrogens is 262 g/mol. The Morgan fingerprint density at radius 2 is 2.00 bits per heavy atom. The van der Waals surface area contributed by atoms with E-state index in [2.05, 4.69) is 43.4 Å². The quantitative estimate of drug-likeness (QED) is 0.925. The molecule has 2 atom stereocenters. The van der Waals surface area contributed by atoms with Crippen LogP contribution in [0.4, 0.5) is 0 Å². The molecule has 1 aliphatic carbocycles. The van der Waals surface area contributed by atoms with Gasteiger partial charge in [0.25, 0.3) is 0 Å². The molecule has 2 fully saturated rings. The van der Waals surface area contributed by atoms with Gasteiger partial charge in [-0.15, -0.1) is 0 Å². The van der Waals surface area contributed by atoms with E-state index in [1.165, 1.54) is 11.1 Å². The number of hydrogen-bond donors (Lipinski definition) is 1. The van der Waals surface area contributed by atoms with Gasteiger partial charge < -0.3 is 10.1 Å². The van der Waals surface area contributed by atoms with E-state index in [9.17, 15) is 4.79 Å². The van der Waals surface area contributed by atoms with Crippen LogP contribution in [0.25, 0.3) is 0 Å². The monoisotopic (exact) mass is 287 g/mol. The second-order valence-corrected chi connectivity index (χ2v) is 6.74. The number of hydrogen-bond acceptors (Lipinski definition) is 2. The van der Waals surface area contributed by atoms with Crippen LogP contribution in [-0.4, -0.2) is 25.7 Å². The molecule has 3 nitrogen and oxygen atoms in total. The molecule has 0 bridgehead atoms. The fraction of sp³-hybridized carbons (Fsp3) is 0.611. The molecule has 21 heavy (non-hydrogen) atoms. The first-order chi connectivity index (χ1) is 10.1. The van der Waals surface area contributed by atoms with Gasteiger partial charge in [0.2, 0.25) is 5.91 Å². The van der Waals surface area contributed by atoms with Crippen molar-refractivity contribution in [3.8, 4) is 0 Å². The molecule has 1 saturated carbocycles. The Labute approximate surface area is 127 Å². The van der Waals surface area contributed by atoms with Crippen molar-refractivity contribution in [1.29, 1.82) is 0 Å². The Hall–Kier alpha value is -1.35. The van der Waals surface area contributed by atoms with Crippen molar-refractivity contribution in [2.75, 3.05) is 19.8 Å². The molecule has 1 amide bonds. The summed E-state index contributed by atoms with van der Waals surface area (Å²) in [5.41, 5.74) is 2.73. The minimum Gasteiger partial charge on any atom is -0.381 e. The molecule has 1 aromatic rings. The highest BCUT2D eigenvalue weighted by Crippen LogP contribution is 2.39. The van der Waals surface area contributed by atoms with E-state index in [1.54, 1.807) is 0 Å². The minimum absolute atomic E-state index is 0.0391. The minimum atomic E-state index is 0.0391. The van der Waals surface area contributed by atoms with E-state index in [4.69, 9.17) is 4.74 Å². The van der Waals surface area contributed by atoms with Crippen molar-refractivity contribution in [3.63, 3.8) is 0 Å². The van der Waals surface area contributed by atoms with Gasteiger partial charge in [-0.05, 0) is 43.2 Å². The Morgan fingerprint density at radius 1 is 1.33 bits per heavy atom. The third kappa shape index (κ3) is 2.98. The van der Waals surface area contributed by atoms with Gasteiger partial charge >= 0.3 is 0 Å². The largest absolute Gasteiger partial charge is 0.381 e. The number of carbonyl (C=O) groups is 1. The topological polar surface area (TPSA) is 38.3 Å². The van der Waals surface area contributed by atoms with Gasteiger partial charge in [-0.25, -0.2) is 0 Å². The van der Waals surface area contributed by atoms with Crippen LogP contribution in [0.3, 0.4) is 0 Å². The summed E-state index contributed by atoms with van der Waals surface area (Å²) in [4.78, 5) is 12.2. The van der Waals surface area contributed by atoms with E-state index >= 15 is 0 Å². The predicted molar refractivity (Wildman–Crippen MR) is 83.2 cm³/mol. The van der Waals surface area contributed by atoms with Crippen molar-refractivity contribution in [3.05, 3.63) is 35.4 Å². The van der Waals surface area contributed by atoms with Crippen molar-refractivity contribution >= 4 is 5.91 Å². The molecule has 0 spiro atoms. The van der Waals surface area contributed by atoms with E-state index in [1.807, 2.05) is 0 Å². The van der Waals surface area contributed by atoms with Crippen LogP contribution in [-0.2, 0) is 14.9 Å². The second kappa shape index (κ2) is 5.80. The molecule has 114 valence electrons. The molecule has 0 aromatic heterocycles. The van der Waals surface area contributed by atoms with Gasteiger partial charge in [0.1, 0.15) is 0 Å². The number of nitrogens with one attached hydrogen (secondary N) is 1. The first-order valence-corrected chi connectivity index (χ1v) is 8.04. The summed E-state index contributed by atoms with van der Waals surface area (Å²) in [5, 5.41) is 3.22. The molecule has 0 radical (unpaired) electrons. The molecule has 2 aliphatic rings. The van der Waals surface area contributed by atoms with Crippen LogP contribution in [0.2, 0.25) is 0 Å². The Morgan fingerprint density at radius 3 is 2.62 bits per heavy atom. The lowest BCUT2D eigenvalue weighted by Crippen LogP contribution is -2.45. The van der Waals surface area contributed by atoms with Crippen LogP contribution >= 0.6 is 0 Å². The van der Waals surface area contributed by atoms with Crippen LogP contribution in [0.5, 0.6) is 0 Å². The third-order valence-electron chi connectivity index (χ3n) is 5.21. The van der Waals surface area contributed by atoms with E-state index in [0.29, 0.717) is 5.92 Å². The lowest BCUT2D eigenvalue weighted by molar-refractivity contribution is -0.123. The second-order valence-electron chi connectivity index (χ2n) is 6.74. The Kier molecular flexibility index (Phi) is 4.03. The highest BCUT2D eigenvalue weighted by Gasteiger charge is 2.41. The van der Waals surface area contributed by atoms with Gasteiger partial charge in [-0.2, -0.15) is 0 Å². The van der Waals surface area contributed by atoms with Gasteiger partial charge in [0.15, 0.2) is 0 Å². The zero-order chi connectivity index (χ0) is 14.9. The fourth-order valence-electron chi connectivity index (χ4n) is 3.55. The number of rotatable bonds is 4. The number of amides is 1. The predicted octanol–water partition coefficient (Wildman–Crippen LogP) is 2.82. The smallest absolute Gasteiger partial charge is 0.223 e. The fourth-order valence-corrected chi connectivity index (χ4v) is 3.55. The van der Waals surface area contributed by atoms with Gasteiger partial charge in [-0.3, -0.25) is 4.79 Å². The zero-order valence-corrected chi connectivity index (χ0v) is 13.0. The normalized spacial score (nSPS) is 27.1. The maximum Gasteiger partial charge on any atom is 0.223 e. The molecule has 1 N–H and O–H groups in total. The summed E-state index contributed by atoms with van der Waals surface area (Å²) in [6, 6.07) is 8.56. The summed E-state index contributed by atoms with van der Waals surface area (Å²) in [7, 11) is 0. The van der Waals surface area contributed by atoms with Gasteiger partial charge in [-0.1, -0.05) is 31.2 Å². The standard InChI is InChI=1S/C18H25NO2/c1-13-5-3-4-6-16(13)18(7-9-21-10-8-18)12-19-17(20)15-11-14(15)2/h3-6,14-15H,7-12H2,1-2H3,(H,19,20)/t14-,15-/m1/s1. The van der Waals surface area contributed by atoms with Gasteiger partial charge in [0.05, 0.1) is 0 Å². The first kappa shape index (κ1) is 14.6. The number of benzene rings is 1. The molecule has 1 aliphatic heterocycles. The van der Waals surface area contributed by atoms with Crippen LogP contribution < -0.4 is 5.32 Å². The highest BCUT2D eigenvalue weighted by atomic mass is 16.5. The summed E-state index contributed by atoms with van der Waals surface area (Å²) in [6.45, 7) is 6.62. The molecule has 1 aromatic carbocycles.